The van der Waals surface area contributed by atoms with E-state index in [1.54, 1.807) is 20.8 Å². The summed E-state index contributed by atoms with van der Waals surface area (Å²) in [6.45, 7) is 5.02. The number of carbonyl (C=O) groups excluding carboxylic acids is 2. The summed E-state index contributed by atoms with van der Waals surface area (Å²) in [4.78, 5) is 21.7. The van der Waals surface area contributed by atoms with Gasteiger partial charge in [0.05, 0.1) is 13.2 Å². The summed E-state index contributed by atoms with van der Waals surface area (Å²) < 4.78 is 9.00. The first-order valence-electron chi connectivity index (χ1n) is 3.98. The van der Waals surface area contributed by atoms with Crippen LogP contribution in [0.1, 0.15) is 20.8 Å². The summed E-state index contributed by atoms with van der Waals surface area (Å²) in [5, 5.41) is 8.97. The summed E-state index contributed by atoms with van der Waals surface area (Å²) in [5.41, 5.74) is -0.663. The number of rotatable bonds is 2. The molecule has 80 valence electrons. The Morgan fingerprint density at radius 2 is 1.79 bits per heavy atom. The Bertz CT molecular complexity index is 259. The summed E-state index contributed by atoms with van der Waals surface area (Å²) in [7, 11) is 1.10. The van der Waals surface area contributed by atoms with Gasteiger partial charge in [-0.1, -0.05) is 0 Å². The number of ether oxygens (including phenoxy) is 2. The van der Waals surface area contributed by atoms with Gasteiger partial charge in [0.1, 0.15) is 5.60 Å². The van der Waals surface area contributed by atoms with Gasteiger partial charge in [0.2, 0.25) is 5.76 Å². The van der Waals surface area contributed by atoms with Crippen LogP contribution in [-0.4, -0.2) is 29.8 Å². The maximum Gasteiger partial charge on any atom is 0.373 e. The number of esters is 2. The predicted molar refractivity (Wildman–Crippen MR) is 48.6 cm³/mol. The van der Waals surface area contributed by atoms with E-state index in [0.717, 1.165) is 7.11 Å². The second-order valence-corrected chi connectivity index (χ2v) is 3.55. The molecular weight excluding hydrogens is 188 g/mol. The molecule has 0 aliphatic heterocycles. The molecule has 0 radical (unpaired) electrons. The molecule has 0 aromatic rings. The first-order valence-corrected chi connectivity index (χ1v) is 3.98. The molecule has 0 bridgehead atoms. The lowest BCUT2D eigenvalue weighted by atomic mass is 10.2. The van der Waals surface area contributed by atoms with E-state index in [0.29, 0.717) is 6.08 Å². The quantitative estimate of drug-likeness (QED) is 0.410. The van der Waals surface area contributed by atoms with Gasteiger partial charge >= 0.3 is 11.9 Å². The van der Waals surface area contributed by atoms with E-state index in [-0.39, 0.29) is 0 Å². The van der Waals surface area contributed by atoms with Crippen LogP contribution in [0.3, 0.4) is 0 Å². The van der Waals surface area contributed by atoms with Crippen LogP contribution in [0, 0.1) is 0 Å². The largest absolute Gasteiger partial charge is 0.502 e. The highest BCUT2D eigenvalue weighted by molar-refractivity contribution is 5.94. The summed E-state index contributed by atoms with van der Waals surface area (Å²) in [6, 6.07) is 0. The Balaban J connectivity index is 4.37. The molecule has 0 spiro atoms. The van der Waals surface area contributed by atoms with E-state index in [1.807, 2.05) is 0 Å². The minimum absolute atomic E-state index is 0.663. The summed E-state index contributed by atoms with van der Waals surface area (Å²) in [5.74, 6) is -2.54. The lowest BCUT2D eigenvalue weighted by Gasteiger charge is -2.17. The third-order valence-electron chi connectivity index (χ3n) is 1.06. The van der Waals surface area contributed by atoms with Gasteiger partial charge in [0.25, 0.3) is 0 Å². The fraction of sp³-hybridized carbons (Fsp3) is 0.556. The standard InChI is InChI=1S/C9H14O5/c1-9(2,3)14-7(11)5-6(10)8(12)13-4/h5,10H,1-4H3. The molecular formula is C9H14O5. The first kappa shape index (κ1) is 12.5. The normalized spacial score (nSPS) is 12.1. The second-order valence-electron chi connectivity index (χ2n) is 3.55. The average molecular weight is 202 g/mol. The van der Waals surface area contributed by atoms with Crippen LogP contribution in [0.5, 0.6) is 0 Å². The molecule has 1 N–H and O–H groups in total. The van der Waals surface area contributed by atoms with E-state index in [4.69, 9.17) is 9.84 Å². The number of aliphatic hydroxyl groups is 1. The molecule has 0 saturated carbocycles. The Kier molecular flexibility index (Phi) is 4.14. The van der Waals surface area contributed by atoms with E-state index < -0.39 is 23.3 Å². The Morgan fingerprint density at radius 1 is 1.29 bits per heavy atom. The fourth-order valence-corrected chi connectivity index (χ4v) is 0.606. The third kappa shape index (κ3) is 5.18. The van der Waals surface area contributed by atoms with Crippen LogP contribution in [0.2, 0.25) is 0 Å². The van der Waals surface area contributed by atoms with Gasteiger partial charge in [-0.15, -0.1) is 0 Å². The van der Waals surface area contributed by atoms with Crippen molar-refractivity contribution in [2.75, 3.05) is 7.11 Å². The van der Waals surface area contributed by atoms with Crippen LogP contribution in [0.4, 0.5) is 0 Å². The maximum absolute atomic E-state index is 11.0. The molecule has 0 aromatic heterocycles. The molecule has 0 rings (SSSR count). The maximum atomic E-state index is 11.0. The number of methoxy groups -OCH3 is 1. The summed E-state index contributed by atoms with van der Waals surface area (Å²) in [6.07, 6.45) is 0.678. The van der Waals surface area contributed by atoms with Gasteiger partial charge in [-0.2, -0.15) is 0 Å². The average Bonchev–Trinajstić information content (AvgIpc) is 1.99. The Labute approximate surface area is 82.3 Å². The number of aliphatic hydroxyl groups excluding tert-OH is 1. The molecule has 0 atom stereocenters. The van der Waals surface area contributed by atoms with E-state index in [2.05, 4.69) is 4.74 Å². The SMILES string of the molecule is COC(=O)C(O)=CC(=O)OC(C)(C)C. The zero-order chi connectivity index (χ0) is 11.4. The van der Waals surface area contributed by atoms with Crippen molar-refractivity contribution in [3.63, 3.8) is 0 Å². The van der Waals surface area contributed by atoms with Gasteiger partial charge in [-0.3, -0.25) is 0 Å². The molecule has 14 heavy (non-hydrogen) atoms. The zero-order valence-electron chi connectivity index (χ0n) is 8.66. The third-order valence-corrected chi connectivity index (χ3v) is 1.06. The van der Waals surface area contributed by atoms with Gasteiger partial charge < -0.3 is 14.6 Å². The highest BCUT2D eigenvalue weighted by Gasteiger charge is 2.17. The van der Waals surface area contributed by atoms with Crippen LogP contribution < -0.4 is 0 Å². The van der Waals surface area contributed by atoms with Crippen LogP contribution in [0.15, 0.2) is 11.8 Å². The van der Waals surface area contributed by atoms with Gasteiger partial charge in [0.15, 0.2) is 0 Å². The highest BCUT2D eigenvalue weighted by atomic mass is 16.6. The molecule has 0 amide bonds. The second kappa shape index (κ2) is 4.64. The van der Waals surface area contributed by atoms with Crippen LogP contribution in [0.25, 0.3) is 0 Å². The van der Waals surface area contributed by atoms with Crippen molar-refractivity contribution in [3.8, 4) is 0 Å². The van der Waals surface area contributed by atoms with Crippen LogP contribution >= 0.6 is 0 Å². The van der Waals surface area contributed by atoms with E-state index in [1.165, 1.54) is 0 Å². The zero-order valence-corrected chi connectivity index (χ0v) is 8.66. The van der Waals surface area contributed by atoms with Gasteiger partial charge in [0, 0.05) is 0 Å². The van der Waals surface area contributed by atoms with E-state index in [9.17, 15) is 9.59 Å². The smallest absolute Gasteiger partial charge is 0.373 e. The van der Waals surface area contributed by atoms with Gasteiger partial charge in [-0.25, -0.2) is 9.59 Å². The van der Waals surface area contributed by atoms with Crippen molar-refractivity contribution >= 4 is 11.9 Å². The molecule has 0 aliphatic rings. The minimum atomic E-state index is -0.976. The highest BCUT2D eigenvalue weighted by Crippen LogP contribution is 2.07. The predicted octanol–water partition coefficient (Wildman–Crippen LogP) is 0.943. The molecule has 5 heteroatoms. The van der Waals surface area contributed by atoms with Crippen molar-refractivity contribution in [2.24, 2.45) is 0 Å². The Hall–Kier alpha value is -1.52. The van der Waals surface area contributed by atoms with Crippen molar-refractivity contribution in [1.29, 1.82) is 0 Å². The molecule has 0 saturated heterocycles. The molecule has 0 unspecified atom stereocenters. The topological polar surface area (TPSA) is 72.8 Å². The monoisotopic (exact) mass is 202 g/mol. The van der Waals surface area contributed by atoms with Crippen molar-refractivity contribution in [2.45, 2.75) is 26.4 Å². The Morgan fingerprint density at radius 3 is 2.14 bits per heavy atom. The minimum Gasteiger partial charge on any atom is -0.502 e. The molecule has 5 nitrogen and oxygen atoms in total. The molecule has 0 aromatic carbocycles. The van der Waals surface area contributed by atoms with Crippen molar-refractivity contribution in [3.05, 3.63) is 11.8 Å². The summed E-state index contributed by atoms with van der Waals surface area (Å²) >= 11 is 0. The number of hydrogen-bond acceptors (Lipinski definition) is 5. The molecule has 0 aliphatic carbocycles. The number of carbonyl (C=O) groups is 2. The number of hydrogen-bond donors (Lipinski definition) is 1. The van der Waals surface area contributed by atoms with Gasteiger partial charge in [-0.05, 0) is 20.8 Å². The fourth-order valence-electron chi connectivity index (χ4n) is 0.606. The lowest BCUT2D eigenvalue weighted by molar-refractivity contribution is -0.149. The molecule has 0 fully saturated rings. The first-order chi connectivity index (χ1) is 6.26. The van der Waals surface area contributed by atoms with Crippen molar-refractivity contribution in [1.82, 2.24) is 0 Å². The molecule has 0 heterocycles. The lowest BCUT2D eigenvalue weighted by Crippen LogP contribution is -2.23. The van der Waals surface area contributed by atoms with Crippen molar-refractivity contribution < 1.29 is 24.2 Å². The van der Waals surface area contributed by atoms with Crippen LogP contribution in [-0.2, 0) is 19.1 Å². The van der Waals surface area contributed by atoms with E-state index >= 15 is 0 Å².